The van der Waals surface area contributed by atoms with Crippen LogP contribution in [0.25, 0.3) is 0 Å². The van der Waals surface area contributed by atoms with Crippen LogP contribution in [0.4, 0.5) is 0 Å². The van der Waals surface area contributed by atoms with E-state index in [0.29, 0.717) is 6.42 Å². The van der Waals surface area contributed by atoms with Gasteiger partial charge in [-0.1, -0.05) is 6.92 Å². The van der Waals surface area contributed by atoms with Crippen molar-refractivity contribution in [1.29, 1.82) is 0 Å². The summed E-state index contributed by atoms with van der Waals surface area (Å²) < 4.78 is 0. The normalized spacial score (nSPS) is 5.38. The first-order valence-corrected chi connectivity index (χ1v) is 2.35. The molecule has 0 amide bonds. The molecular formula is C6H12MgO. The summed E-state index contributed by atoms with van der Waals surface area (Å²) in [6.07, 6.45) is 2.15. The van der Waals surface area contributed by atoms with Crippen LogP contribution < -0.4 is 0 Å². The van der Waals surface area contributed by atoms with E-state index >= 15 is 0 Å². The molecule has 0 saturated heterocycles. The molecule has 0 atom stereocenters. The van der Waals surface area contributed by atoms with Crippen molar-refractivity contribution in [3.63, 3.8) is 0 Å². The maximum atomic E-state index is 9.11. The van der Waals surface area contributed by atoms with Crippen molar-refractivity contribution in [2.75, 3.05) is 0 Å². The molecule has 0 aromatic rings. The van der Waals surface area contributed by atoms with Crippen LogP contribution in [0.2, 0.25) is 0 Å². The van der Waals surface area contributed by atoms with Gasteiger partial charge in [0, 0.05) is 0 Å². The largest absolute Gasteiger partial charge is 2.00 e. The van der Waals surface area contributed by atoms with Gasteiger partial charge in [-0.3, -0.25) is 0 Å². The van der Waals surface area contributed by atoms with Crippen molar-refractivity contribution in [2.24, 2.45) is 0 Å². The van der Waals surface area contributed by atoms with E-state index in [2.05, 4.69) is 13.8 Å². The van der Waals surface area contributed by atoms with E-state index in [1.165, 1.54) is 0 Å². The molecule has 0 heterocycles. The summed E-state index contributed by atoms with van der Waals surface area (Å²) in [5.41, 5.74) is 0. The van der Waals surface area contributed by atoms with Gasteiger partial charge in [-0.25, -0.2) is 0 Å². The molecule has 0 saturated carbocycles. The number of carbonyl (C=O) groups is 1. The quantitative estimate of drug-likeness (QED) is 0.292. The van der Waals surface area contributed by atoms with Crippen molar-refractivity contribution >= 4 is 29.3 Å². The van der Waals surface area contributed by atoms with Crippen LogP contribution in [-0.4, -0.2) is 29.3 Å². The zero-order valence-electron chi connectivity index (χ0n) is 5.52. The first kappa shape index (κ1) is 15.8. The van der Waals surface area contributed by atoms with E-state index in [9.17, 15) is 0 Å². The maximum Gasteiger partial charge on any atom is 2.00 e. The minimum atomic E-state index is 0. The van der Waals surface area contributed by atoms with Crippen LogP contribution >= 0.6 is 0 Å². The van der Waals surface area contributed by atoms with Gasteiger partial charge in [0.2, 0.25) is 0 Å². The Morgan fingerprint density at radius 2 is 1.62 bits per heavy atom. The molecule has 1 nitrogen and oxygen atoms in total. The predicted molar refractivity (Wildman–Crippen MR) is 37.4 cm³/mol. The Morgan fingerprint density at radius 3 is 1.62 bits per heavy atom. The Labute approximate surface area is 68.0 Å². The standard InChI is InChI=1S/C3H5O.C3H7.Mg/c1-2-3-4;1-3-2;/h3H,1-2H2;1,3H2,2H3;/q2*-1;+2. The third-order valence-corrected chi connectivity index (χ3v) is 0.118. The molecule has 0 aromatic carbocycles. The summed E-state index contributed by atoms with van der Waals surface area (Å²) in [5.74, 6) is 0. The van der Waals surface area contributed by atoms with Gasteiger partial charge in [-0.2, -0.15) is 6.42 Å². The Kier molecular flexibility index (Phi) is 51.5. The van der Waals surface area contributed by atoms with E-state index in [1.54, 1.807) is 0 Å². The zero-order chi connectivity index (χ0) is 6.12. The monoisotopic (exact) mass is 124 g/mol. The first-order valence-electron chi connectivity index (χ1n) is 2.35. The number of carbonyl (C=O) groups excluding carboxylic acids is 1. The van der Waals surface area contributed by atoms with Crippen LogP contribution in [0, 0.1) is 13.8 Å². The zero-order valence-corrected chi connectivity index (χ0v) is 6.94. The predicted octanol–water partition coefficient (Wildman–Crippen LogP) is 1.26. The Hall–Kier alpha value is 0.436. The van der Waals surface area contributed by atoms with E-state index in [4.69, 9.17) is 4.79 Å². The third-order valence-electron chi connectivity index (χ3n) is 0.118. The molecule has 0 fully saturated rings. The second kappa shape index (κ2) is 26.1. The summed E-state index contributed by atoms with van der Waals surface area (Å²) in [5, 5.41) is 0. The van der Waals surface area contributed by atoms with Crippen molar-refractivity contribution in [3.05, 3.63) is 13.8 Å². The van der Waals surface area contributed by atoms with Gasteiger partial charge in [0.25, 0.3) is 0 Å². The topological polar surface area (TPSA) is 17.1 Å². The summed E-state index contributed by atoms with van der Waals surface area (Å²) in [6.45, 7) is 8.74. The van der Waals surface area contributed by atoms with Crippen LogP contribution in [0.15, 0.2) is 0 Å². The fourth-order valence-electron chi connectivity index (χ4n) is 0. The van der Waals surface area contributed by atoms with Crippen molar-refractivity contribution in [3.8, 4) is 0 Å². The molecule has 0 aliphatic rings. The molecule has 0 bridgehead atoms. The molecule has 8 heavy (non-hydrogen) atoms. The SMILES string of the molecule is [CH2-]CC.[CH2-]CC=O.[Mg+2]. The molecule has 0 spiro atoms. The molecule has 0 aliphatic heterocycles. The van der Waals surface area contributed by atoms with Crippen LogP contribution in [-0.2, 0) is 4.79 Å². The third kappa shape index (κ3) is 92.2. The molecule has 2 heteroatoms. The van der Waals surface area contributed by atoms with Gasteiger partial charge < -0.3 is 18.6 Å². The number of aldehydes is 1. The Bertz CT molecular complexity index is 29.7. The van der Waals surface area contributed by atoms with E-state index in [0.717, 1.165) is 12.7 Å². The van der Waals surface area contributed by atoms with Crippen LogP contribution in [0.5, 0.6) is 0 Å². The van der Waals surface area contributed by atoms with Gasteiger partial charge in [-0.05, 0) is 0 Å². The Morgan fingerprint density at radius 1 is 1.50 bits per heavy atom. The molecular weight excluding hydrogens is 112 g/mol. The second-order valence-electron chi connectivity index (χ2n) is 0.955. The number of hydrogen-bond acceptors (Lipinski definition) is 1. The molecule has 0 radical (unpaired) electrons. The maximum absolute atomic E-state index is 9.11. The number of hydrogen-bond donors (Lipinski definition) is 0. The van der Waals surface area contributed by atoms with Gasteiger partial charge >= 0.3 is 23.1 Å². The Balaban J connectivity index is -0.0000000575. The molecule has 0 rings (SSSR count). The van der Waals surface area contributed by atoms with Gasteiger partial charge in [0.1, 0.15) is 0 Å². The fraction of sp³-hybridized carbons (Fsp3) is 0.500. The summed E-state index contributed by atoms with van der Waals surface area (Å²) >= 11 is 0. The minimum absolute atomic E-state index is 0. The summed E-state index contributed by atoms with van der Waals surface area (Å²) in [4.78, 5) is 9.11. The van der Waals surface area contributed by atoms with Gasteiger partial charge in [-0.15, -0.1) is 6.42 Å². The molecule has 0 aliphatic carbocycles. The minimum Gasteiger partial charge on any atom is -0.344 e. The molecule has 0 unspecified atom stereocenters. The first-order chi connectivity index (χ1) is 3.33. The summed E-state index contributed by atoms with van der Waals surface area (Å²) in [7, 11) is 0. The molecule has 0 N–H and O–H groups in total. The average molecular weight is 124 g/mol. The van der Waals surface area contributed by atoms with Crippen molar-refractivity contribution < 1.29 is 4.79 Å². The second-order valence-corrected chi connectivity index (χ2v) is 0.955. The van der Waals surface area contributed by atoms with Crippen molar-refractivity contribution in [1.82, 2.24) is 0 Å². The fourth-order valence-corrected chi connectivity index (χ4v) is 0. The number of rotatable bonds is 1. The van der Waals surface area contributed by atoms with Crippen LogP contribution in [0.1, 0.15) is 19.8 Å². The van der Waals surface area contributed by atoms with E-state index < -0.39 is 0 Å². The van der Waals surface area contributed by atoms with E-state index in [1.807, 2.05) is 6.92 Å². The molecule has 0 aromatic heterocycles. The summed E-state index contributed by atoms with van der Waals surface area (Å²) in [6, 6.07) is 0. The smallest absolute Gasteiger partial charge is 0.344 e. The van der Waals surface area contributed by atoms with Gasteiger partial charge in [0.15, 0.2) is 0 Å². The van der Waals surface area contributed by atoms with Gasteiger partial charge in [0.05, 0.1) is 6.29 Å². The van der Waals surface area contributed by atoms with E-state index in [-0.39, 0.29) is 23.1 Å². The average Bonchev–Trinajstić information content (AvgIpc) is 1.69. The molecule has 44 valence electrons. The van der Waals surface area contributed by atoms with Crippen LogP contribution in [0.3, 0.4) is 0 Å². The van der Waals surface area contributed by atoms with Crippen molar-refractivity contribution in [2.45, 2.75) is 19.8 Å².